The Labute approximate surface area is 266 Å². The van der Waals surface area contributed by atoms with E-state index in [4.69, 9.17) is 6.79 Å². The summed E-state index contributed by atoms with van der Waals surface area (Å²) < 4.78 is 23.1. The molecule has 0 bridgehead atoms. The molecule has 0 aliphatic heterocycles. The predicted molar refractivity (Wildman–Crippen MR) is 178 cm³/mol. The van der Waals surface area contributed by atoms with E-state index in [1.54, 1.807) is 0 Å². The van der Waals surface area contributed by atoms with Crippen LogP contribution in [0, 0.1) is 16.2 Å². The topological polar surface area (TPSA) is 107 Å². The van der Waals surface area contributed by atoms with E-state index in [1.807, 2.05) is 0 Å². The monoisotopic (exact) mass is 660 g/mol. The van der Waals surface area contributed by atoms with Crippen LogP contribution >= 0.6 is 0 Å². The Morgan fingerprint density at radius 3 is 1.18 bits per heavy atom. The van der Waals surface area contributed by atoms with Crippen LogP contribution in [0.4, 0.5) is 0 Å². The van der Waals surface area contributed by atoms with E-state index in [2.05, 4.69) is 75.5 Å². The van der Waals surface area contributed by atoms with Crippen LogP contribution < -0.4 is 0 Å². The molecule has 0 aromatic heterocycles. The molecule has 0 aromatic carbocycles. The van der Waals surface area contributed by atoms with E-state index >= 15 is 3.32 Å². The van der Waals surface area contributed by atoms with Crippen LogP contribution in [0.15, 0.2) is 25.3 Å². The van der Waals surface area contributed by atoms with Crippen molar-refractivity contribution in [3.63, 3.8) is 0 Å². The molecule has 44 heavy (non-hydrogen) atoms. The third-order valence-electron chi connectivity index (χ3n) is 9.44. The average Bonchev–Trinajstić information content (AvgIpc) is 2.86. The molecule has 0 fully saturated rings. The summed E-state index contributed by atoms with van der Waals surface area (Å²) in [6.45, 7) is 26.6. The van der Waals surface area contributed by atoms with Crippen LogP contribution in [-0.4, -0.2) is 19.4 Å². The maximum absolute atomic E-state index is 16.3. The van der Waals surface area contributed by atoms with E-state index in [-0.39, 0.29) is 35.5 Å². The van der Waals surface area contributed by atoms with Gasteiger partial charge in [-0.15, -0.1) is 0 Å². The Hall–Kier alpha value is -1.28. The zero-order valence-electron chi connectivity index (χ0n) is 30.0. The second-order valence-electron chi connectivity index (χ2n) is 17.6. The van der Waals surface area contributed by atoms with Crippen molar-refractivity contribution >= 4 is 14.1 Å². The first-order valence-corrected chi connectivity index (χ1v) is 22.8. The molecule has 0 heterocycles. The van der Waals surface area contributed by atoms with Crippen LogP contribution in [0.3, 0.4) is 0 Å². The SMILES string of the molecule is C=C[CH2][Ti](=[O])([CH2]C=C)([O]O)([O]C(=O)CCCCCC(C)(C)C)([C](=O)CCCCCC(C)(C)C)[C](=O)CCCCCC(C)(C)C. The van der Waals surface area contributed by atoms with Crippen molar-refractivity contribution in [2.75, 3.05) is 0 Å². The summed E-state index contributed by atoms with van der Waals surface area (Å²) in [5, 5.41) is 10.9. The number of carbonyl (C=O) groups is 3. The molecule has 0 saturated carbocycles. The summed E-state index contributed by atoms with van der Waals surface area (Å²) in [6, 6.07) is 0. The first-order valence-electron chi connectivity index (χ1n) is 17.1. The average molecular weight is 661 g/mol. The molecule has 8 heteroatoms. The zero-order chi connectivity index (χ0) is 34.5. The fourth-order valence-electron chi connectivity index (χ4n) is 6.47. The number of rotatable bonds is 23. The normalized spacial score (nSPS) is 15.4. The van der Waals surface area contributed by atoms with Gasteiger partial charge < -0.3 is 0 Å². The van der Waals surface area contributed by atoms with Crippen molar-refractivity contribution in [3.8, 4) is 0 Å². The number of hydrogen-bond donors (Lipinski definition) is 1. The fraction of sp³-hybridized carbons (Fsp3) is 0.806. The summed E-state index contributed by atoms with van der Waals surface area (Å²) in [5.74, 6) is -0.994. The fourth-order valence-corrected chi connectivity index (χ4v) is 16.8. The van der Waals surface area contributed by atoms with Crippen LogP contribution in [0.1, 0.15) is 159 Å². The summed E-state index contributed by atoms with van der Waals surface area (Å²) in [5.41, 5.74) is 0.367. The Kier molecular flexibility index (Phi) is 14.6. The van der Waals surface area contributed by atoms with Gasteiger partial charge in [-0.1, -0.05) is 0 Å². The second kappa shape index (κ2) is 15.1. The van der Waals surface area contributed by atoms with Crippen LogP contribution in [0.2, 0.25) is 9.45 Å². The van der Waals surface area contributed by atoms with Crippen molar-refractivity contribution in [3.05, 3.63) is 25.3 Å². The first kappa shape index (κ1) is 42.7. The molecule has 0 spiro atoms. The molecule has 0 aliphatic rings. The Morgan fingerprint density at radius 1 is 0.591 bits per heavy atom. The van der Waals surface area contributed by atoms with Crippen molar-refractivity contribution in [1.82, 2.24) is 0 Å². The van der Waals surface area contributed by atoms with Gasteiger partial charge in [-0.05, 0) is 0 Å². The van der Waals surface area contributed by atoms with Gasteiger partial charge in [0.15, 0.2) is 0 Å². The molecular formula is C36H68O7Ti. The molecular weight excluding hydrogens is 592 g/mol. The summed E-state index contributed by atoms with van der Waals surface area (Å²) in [6.07, 6.45) is 9.64. The van der Waals surface area contributed by atoms with Gasteiger partial charge in [-0.3, -0.25) is 0 Å². The Bertz CT molecular complexity index is 1060. The predicted octanol–water partition coefficient (Wildman–Crippen LogP) is 11.2. The number of allylic oxidation sites excluding steroid dienone is 2. The van der Waals surface area contributed by atoms with Crippen LogP contribution in [0.5, 0.6) is 0 Å². The number of unbranched alkanes of at least 4 members (excludes halogenated alkanes) is 6. The van der Waals surface area contributed by atoms with Crippen molar-refractivity contribution in [2.24, 2.45) is 16.2 Å². The number of hydrogen-bond acceptors (Lipinski definition) is 7. The molecule has 0 atom stereocenters. The van der Waals surface area contributed by atoms with Gasteiger partial charge in [0.1, 0.15) is 0 Å². The standard InChI is InChI=1S/C10H20O2.2C10H19O.2C3H5.H2O2.O.Ti/c1-10(2,3)8-6-4-5-7-9(11)12;2*1-10(2,3)8-6-4-5-7-9-11;2*1-3-2;1-2;;/h4-8H2,1-3H3,(H,11,12);2*4-8H2,1-3H3;2*3H,1-2H2;1-2H;;/q;;;;;;;+2/p-2. The second-order valence-corrected chi connectivity index (χ2v) is 30.0. The Morgan fingerprint density at radius 2 is 0.909 bits per heavy atom. The molecule has 0 radical (unpaired) electrons. The zero-order valence-corrected chi connectivity index (χ0v) is 31.5. The molecule has 1 N–H and O–H groups in total. The van der Waals surface area contributed by atoms with Crippen molar-refractivity contribution < 1.29 is 43.2 Å². The first-order chi connectivity index (χ1) is 19.9. The third kappa shape index (κ3) is 10.6. The summed E-state index contributed by atoms with van der Waals surface area (Å²) >= 11 is -8.78. The third-order valence-corrected chi connectivity index (χ3v) is 22.6. The van der Waals surface area contributed by atoms with E-state index in [0.29, 0.717) is 38.5 Å². The van der Waals surface area contributed by atoms with Crippen molar-refractivity contribution in [1.29, 1.82) is 0 Å². The molecule has 0 rings (SSSR count). The molecule has 0 aliphatic carbocycles. The molecule has 0 aromatic rings. The van der Waals surface area contributed by atoms with E-state index < -0.39 is 37.1 Å². The molecule has 258 valence electrons. The van der Waals surface area contributed by atoms with Crippen molar-refractivity contribution in [2.45, 2.75) is 168 Å². The summed E-state index contributed by atoms with van der Waals surface area (Å²) in [4.78, 5) is 42.7. The quantitative estimate of drug-likeness (QED) is 0.0382. The van der Waals surface area contributed by atoms with E-state index in [1.165, 1.54) is 0 Å². The molecule has 0 amide bonds. The van der Waals surface area contributed by atoms with Crippen LogP contribution in [-0.2, 0) is 38.0 Å². The maximum atomic E-state index is 16.3. The number of carbonyl (C=O) groups excluding carboxylic acids is 3. The molecule has 0 saturated heterocycles. The van der Waals surface area contributed by atoms with Gasteiger partial charge in [-0.25, -0.2) is 0 Å². The van der Waals surface area contributed by atoms with Crippen LogP contribution in [0.25, 0.3) is 0 Å². The minimum atomic E-state index is -8.78. The Balaban J connectivity index is 6.67. The van der Waals surface area contributed by atoms with Gasteiger partial charge in [-0.2, -0.15) is 0 Å². The van der Waals surface area contributed by atoms with Gasteiger partial charge in [0, 0.05) is 0 Å². The van der Waals surface area contributed by atoms with E-state index in [0.717, 1.165) is 50.7 Å². The molecule has 0 unspecified atom stereocenters. The van der Waals surface area contributed by atoms with Gasteiger partial charge in [0.2, 0.25) is 0 Å². The summed E-state index contributed by atoms with van der Waals surface area (Å²) in [7, 11) is 0. The minimum absolute atomic E-state index is 0.110. The van der Waals surface area contributed by atoms with Gasteiger partial charge >= 0.3 is 267 Å². The van der Waals surface area contributed by atoms with Gasteiger partial charge in [0.25, 0.3) is 0 Å². The van der Waals surface area contributed by atoms with Gasteiger partial charge in [0.05, 0.1) is 0 Å². The molecule has 7 nitrogen and oxygen atoms in total. The van der Waals surface area contributed by atoms with E-state index in [9.17, 15) is 19.6 Å².